The zero-order chi connectivity index (χ0) is 15.0. The molecule has 0 aliphatic heterocycles. The van der Waals surface area contributed by atoms with Gasteiger partial charge in [0.15, 0.2) is 9.84 Å². The number of halogens is 1. The van der Waals surface area contributed by atoms with Crippen molar-refractivity contribution in [2.45, 2.75) is 18.1 Å². The van der Waals surface area contributed by atoms with E-state index < -0.39 is 20.5 Å². The SMILES string of the molecule is CCOC[C@@]1(CN)[C@H](c2ccc(Cl)cc2)[C@@H]1S(C)(=O)=O. The maximum atomic E-state index is 12.0. The van der Waals surface area contributed by atoms with Crippen LogP contribution in [0.15, 0.2) is 24.3 Å². The fourth-order valence-electron chi connectivity index (χ4n) is 3.07. The van der Waals surface area contributed by atoms with Gasteiger partial charge in [-0.1, -0.05) is 23.7 Å². The van der Waals surface area contributed by atoms with Gasteiger partial charge in [0.1, 0.15) is 0 Å². The highest BCUT2D eigenvalue weighted by Gasteiger charge is 2.69. The van der Waals surface area contributed by atoms with Gasteiger partial charge in [-0.2, -0.15) is 0 Å². The topological polar surface area (TPSA) is 69.4 Å². The summed E-state index contributed by atoms with van der Waals surface area (Å²) in [6.45, 7) is 3.09. The van der Waals surface area contributed by atoms with E-state index in [1.807, 2.05) is 19.1 Å². The van der Waals surface area contributed by atoms with Crippen LogP contribution in [0.2, 0.25) is 5.02 Å². The average Bonchev–Trinajstić information content (AvgIpc) is 3.07. The summed E-state index contributed by atoms with van der Waals surface area (Å²) < 4.78 is 29.6. The molecule has 1 saturated carbocycles. The highest BCUT2D eigenvalue weighted by atomic mass is 35.5. The minimum absolute atomic E-state index is 0.119. The number of rotatable bonds is 6. The number of ether oxygens (including phenoxy) is 1. The van der Waals surface area contributed by atoms with Crippen molar-refractivity contribution in [3.8, 4) is 0 Å². The molecule has 0 bridgehead atoms. The van der Waals surface area contributed by atoms with Gasteiger partial charge in [0.05, 0.1) is 11.9 Å². The highest BCUT2D eigenvalue weighted by molar-refractivity contribution is 7.91. The number of sulfone groups is 1. The van der Waals surface area contributed by atoms with Crippen LogP contribution in [0.4, 0.5) is 0 Å². The number of nitrogens with two attached hydrogens (primary N) is 1. The zero-order valence-corrected chi connectivity index (χ0v) is 13.2. The van der Waals surface area contributed by atoms with Crippen molar-refractivity contribution in [1.29, 1.82) is 0 Å². The van der Waals surface area contributed by atoms with Crippen molar-refractivity contribution in [2.75, 3.05) is 26.0 Å². The summed E-state index contributed by atoms with van der Waals surface area (Å²) in [5, 5.41) is 0.154. The molecule has 2 rings (SSSR count). The Labute approximate surface area is 125 Å². The van der Waals surface area contributed by atoms with E-state index in [1.54, 1.807) is 12.1 Å². The van der Waals surface area contributed by atoms with Crippen LogP contribution in [0, 0.1) is 5.41 Å². The van der Waals surface area contributed by atoms with E-state index in [2.05, 4.69) is 0 Å². The molecule has 0 aromatic heterocycles. The third-order valence-corrected chi connectivity index (χ3v) is 5.94. The second-order valence-corrected chi connectivity index (χ2v) is 7.96. The molecule has 0 amide bonds. The van der Waals surface area contributed by atoms with E-state index in [0.717, 1.165) is 5.56 Å². The Kier molecular flexibility index (Phi) is 4.44. The van der Waals surface area contributed by atoms with Crippen molar-refractivity contribution in [2.24, 2.45) is 11.1 Å². The predicted octanol–water partition coefficient (Wildman–Crippen LogP) is 1.83. The van der Waals surface area contributed by atoms with Gasteiger partial charge in [-0.05, 0) is 24.6 Å². The first-order valence-corrected chi connectivity index (χ1v) is 8.92. The Morgan fingerprint density at radius 3 is 2.40 bits per heavy atom. The number of hydrogen-bond acceptors (Lipinski definition) is 4. The van der Waals surface area contributed by atoms with Crippen LogP contribution in [0.25, 0.3) is 0 Å². The van der Waals surface area contributed by atoms with E-state index in [-0.39, 0.29) is 12.5 Å². The van der Waals surface area contributed by atoms with Crippen LogP contribution in [0.3, 0.4) is 0 Å². The van der Waals surface area contributed by atoms with Crippen LogP contribution in [-0.2, 0) is 14.6 Å². The zero-order valence-electron chi connectivity index (χ0n) is 11.7. The lowest BCUT2D eigenvalue weighted by atomic mass is 10.00. The minimum atomic E-state index is -3.18. The lowest BCUT2D eigenvalue weighted by Crippen LogP contribution is -2.28. The van der Waals surface area contributed by atoms with Crippen molar-refractivity contribution in [3.05, 3.63) is 34.9 Å². The maximum absolute atomic E-state index is 12.0. The molecule has 112 valence electrons. The number of benzene rings is 1. The first-order chi connectivity index (χ1) is 9.36. The molecule has 0 radical (unpaired) electrons. The Bertz CT molecular complexity index is 573. The monoisotopic (exact) mass is 317 g/mol. The van der Waals surface area contributed by atoms with E-state index in [4.69, 9.17) is 22.1 Å². The molecule has 1 aromatic rings. The van der Waals surface area contributed by atoms with Gasteiger partial charge >= 0.3 is 0 Å². The number of hydrogen-bond donors (Lipinski definition) is 1. The van der Waals surface area contributed by atoms with Crippen molar-refractivity contribution >= 4 is 21.4 Å². The summed E-state index contributed by atoms with van der Waals surface area (Å²) in [6.07, 6.45) is 1.27. The standard InChI is InChI=1S/C14H20ClNO3S/c1-3-19-9-14(8-16)12(13(14)20(2,17)18)10-4-6-11(15)7-5-10/h4-7,12-13H,3,8-9,16H2,1-2H3/t12-,13+,14+/m1/s1. The Balaban J connectivity index is 2.36. The van der Waals surface area contributed by atoms with Gasteiger partial charge in [-0.15, -0.1) is 0 Å². The second-order valence-electron chi connectivity index (χ2n) is 5.35. The lowest BCUT2D eigenvalue weighted by molar-refractivity contribution is 0.101. The summed E-state index contributed by atoms with van der Waals surface area (Å²) in [5.74, 6) is -0.119. The molecule has 1 fully saturated rings. The fraction of sp³-hybridized carbons (Fsp3) is 0.571. The van der Waals surface area contributed by atoms with Crippen molar-refractivity contribution < 1.29 is 13.2 Å². The van der Waals surface area contributed by atoms with Crippen LogP contribution < -0.4 is 5.73 Å². The predicted molar refractivity (Wildman–Crippen MR) is 80.8 cm³/mol. The summed E-state index contributed by atoms with van der Waals surface area (Å²) in [7, 11) is -3.18. The van der Waals surface area contributed by atoms with Crippen molar-refractivity contribution in [1.82, 2.24) is 0 Å². The van der Waals surface area contributed by atoms with Gasteiger partial charge in [0.25, 0.3) is 0 Å². The molecule has 20 heavy (non-hydrogen) atoms. The molecule has 0 unspecified atom stereocenters. The summed E-state index contributed by atoms with van der Waals surface area (Å²) in [5.41, 5.74) is 6.32. The van der Waals surface area contributed by atoms with Gasteiger partial charge in [-0.3, -0.25) is 0 Å². The van der Waals surface area contributed by atoms with Gasteiger partial charge in [0.2, 0.25) is 0 Å². The van der Waals surface area contributed by atoms with Crippen LogP contribution in [0.1, 0.15) is 18.4 Å². The molecule has 6 heteroatoms. The summed E-state index contributed by atoms with van der Waals surface area (Å²) in [4.78, 5) is 0. The van der Waals surface area contributed by atoms with E-state index in [0.29, 0.717) is 18.2 Å². The maximum Gasteiger partial charge on any atom is 0.151 e. The molecule has 1 aliphatic rings. The summed E-state index contributed by atoms with van der Waals surface area (Å²) >= 11 is 5.88. The van der Waals surface area contributed by atoms with Crippen molar-refractivity contribution in [3.63, 3.8) is 0 Å². The first-order valence-electron chi connectivity index (χ1n) is 6.59. The molecule has 4 nitrogen and oxygen atoms in total. The molecule has 2 N–H and O–H groups in total. The third kappa shape index (κ3) is 2.72. The Hall–Kier alpha value is -0.620. The second kappa shape index (κ2) is 5.64. The molecule has 3 atom stereocenters. The fourth-order valence-corrected chi connectivity index (χ4v) is 5.20. The molecule has 0 saturated heterocycles. The normalized spacial score (nSPS) is 29.4. The summed E-state index contributed by atoms with van der Waals surface area (Å²) in [6, 6.07) is 7.29. The third-order valence-electron chi connectivity index (χ3n) is 4.02. The largest absolute Gasteiger partial charge is 0.381 e. The molecular weight excluding hydrogens is 298 g/mol. The highest BCUT2D eigenvalue weighted by Crippen LogP contribution is 2.62. The Morgan fingerprint density at radius 1 is 1.35 bits per heavy atom. The molecular formula is C14H20ClNO3S. The van der Waals surface area contributed by atoms with Gasteiger partial charge in [-0.25, -0.2) is 8.42 Å². The smallest absolute Gasteiger partial charge is 0.151 e. The van der Waals surface area contributed by atoms with Gasteiger partial charge in [0, 0.05) is 35.8 Å². The molecule has 1 aliphatic carbocycles. The van der Waals surface area contributed by atoms with Crippen LogP contribution in [-0.4, -0.2) is 39.7 Å². The van der Waals surface area contributed by atoms with E-state index in [9.17, 15) is 8.42 Å². The minimum Gasteiger partial charge on any atom is -0.381 e. The van der Waals surface area contributed by atoms with Crippen LogP contribution in [0.5, 0.6) is 0 Å². The van der Waals surface area contributed by atoms with Crippen LogP contribution >= 0.6 is 11.6 Å². The van der Waals surface area contributed by atoms with E-state index in [1.165, 1.54) is 6.26 Å². The molecule has 1 aromatic carbocycles. The Morgan fingerprint density at radius 2 is 1.95 bits per heavy atom. The quantitative estimate of drug-likeness (QED) is 0.869. The molecule has 0 spiro atoms. The average molecular weight is 318 g/mol. The van der Waals surface area contributed by atoms with E-state index >= 15 is 0 Å². The van der Waals surface area contributed by atoms with Gasteiger partial charge < -0.3 is 10.5 Å². The first kappa shape index (κ1) is 15.8. The lowest BCUT2D eigenvalue weighted by Gasteiger charge is -2.15. The molecule has 0 heterocycles.